The standard InChI is InChI=1S/C17H25N3/c1-2-11-18-12-7-4-8-13-20-15-17(14-19-20)16-9-5-3-6-10-16/h3,5-6,9-10,14-15,18H,2,4,7-8,11-13H2,1H3. The van der Waals surface area contributed by atoms with Crippen molar-refractivity contribution >= 4 is 0 Å². The van der Waals surface area contributed by atoms with Crippen LogP contribution in [0.25, 0.3) is 11.1 Å². The maximum absolute atomic E-state index is 4.44. The van der Waals surface area contributed by atoms with Crippen molar-refractivity contribution in [3.05, 3.63) is 42.7 Å². The lowest BCUT2D eigenvalue weighted by molar-refractivity contribution is 0.529. The number of rotatable bonds is 9. The third-order valence-electron chi connectivity index (χ3n) is 3.41. The normalized spacial score (nSPS) is 10.8. The number of nitrogens with zero attached hydrogens (tertiary/aromatic N) is 2. The van der Waals surface area contributed by atoms with Crippen LogP contribution < -0.4 is 5.32 Å². The Morgan fingerprint density at radius 3 is 2.65 bits per heavy atom. The van der Waals surface area contributed by atoms with Gasteiger partial charge in [-0.2, -0.15) is 5.10 Å². The van der Waals surface area contributed by atoms with Gasteiger partial charge in [-0.3, -0.25) is 4.68 Å². The molecule has 0 unspecified atom stereocenters. The Bertz CT molecular complexity index is 476. The number of unbranched alkanes of at least 4 members (excludes halogenated alkanes) is 2. The highest BCUT2D eigenvalue weighted by Crippen LogP contribution is 2.17. The van der Waals surface area contributed by atoms with Crippen LogP contribution in [-0.4, -0.2) is 22.9 Å². The molecular formula is C17H25N3. The van der Waals surface area contributed by atoms with Gasteiger partial charge < -0.3 is 5.32 Å². The molecule has 0 atom stereocenters. The molecule has 2 rings (SSSR count). The van der Waals surface area contributed by atoms with Crippen LogP contribution in [0.1, 0.15) is 32.6 Å². The molecule has 0 saturated carbocycles. The fraction of sp³-hybridized carbons (Fsp3) is 0.471. The number of benzene rings is 1. The zero-order chi connectivity index (χ0) is 14.0. The Hall–Kier alpha value is -1.61. The molecule has 1 aromatic carbocycles. The minimum absolute atomic E-state index is 1.01. The summed E-state index contributed by atoms with van der Waals surface area (Å²) in [4.78, 5) is 0. The summed E-state index contributed by atoms with van der Waals surface area (Å²) in [6.07, 6.45) is 9.03. The fourth-order valence-corrected chi connectivity index (χ4v) is 2.27. The number of nitrogens with one attached hydrogen (secondary N) is 1. The van der Waals surface area contributed by atoms with Gasteiger partial charge in [-0.05, 0) is 37.9 Å². The Labute approximate surface area is 122 Å². The molecule has 3 nitrogen and oxygen atoms in total. The summed E-state index contributed by atoms with van der Waals surface area (Å²) in [5.41, 5.74) is 2.44. The van der Waals surface area contributed by atoms with E-state index in [1.165, 1.54) is 36.8 Å². The monoisotopic (exact) mass is 271 g/mol. The predicted octanol–water partition coefficient (Wildman–Crippen LogP) is 3.72. The molecule has 1 heterocycles. The highest BCUT2D eigenvalue weighted by atomic mass is 15.3. The molecule has 0 bridgehead atoms. The van der Waals surface area contributed by atoms with Crippen molar-refractivity contribution in [3.63, 3.8) is 0 Å². The van der Waals surface area contributed by atoms with Crippen LogP contribution in [0.15, 0.2) is 42.7 Å². The van der Waals surface area contributed by atoms with Crippen LogP contribution in [0.5, 0.6) is 0 Å². The molecule has 1 aromatic heterocycles. The minimum Gasteiger partial charge on any atom is -0.317 e. The van der Waals surface area contributed by atoms with E-state index in [-0.39, 0.29) is 0 Å². The van der Waals surface area contributed by atoms with E-state index in [2.05, 4.69) is 52.5 Å². The first kappa shape index (κ1) is 14.8. The second-order valence-electron chi connectivity index (χ2n) is 5.17. The second-order valence-corrected chi connectivity index (χ2v) is 5.17. The average Bonchev–Trinajstić information content (AvgIpc) is 2.96. The predicted molar refractivity (Wildman–Crippen MR) is 84.7 cm³/mol. The van der Waals surface area contributed by atoms with E-state index in [9.17, 15) is 0 Å². The Balaban J connectivity index is 1.69. The first-order valence-electron chi connectivity index (χ1n) is 7.68. The van der Waals surface area contributed by atoms with Gasteiger partial charge in [0, 0.05) is 18.3 Å². The van der Waals surface area contributed by atoms with E-state index in [0.717, 1.165) is 19.6 Å². The molecule has 108 valence electrons. The molecule has 20 heavy (non-hydrogen) atoms. The molecule has 0 radical (unpaired) electrons. The maximum Gasteiger partial charge on any atom is 0.0568 e. The lowest BCUT2D eigenvalue weighted by atomic mass is 10.1. The van der Waals surface area contributed by atoms with Gasteiger partial charge in [0.1, 0.15) is 0 Å². The van der Waals surface area contributed by atoms with E-state index in [1.807, 2.05) is 12.3 Å². The molecule has 0 aliphatic rings. The summed E-state index contributed by atoms with van der Waals surface area (Å²) in [5, 5.41) is 7.88. The molecule has 3 heteroatoms. The smallest absolute Gasteiger partial charge is 0.0568 e. The van der Waals surface area contributed by atoms with E-state index in [4.69, 9.17) is 0 Å². The fourth-order valence-electron chi connectivity index (χ4n) is 2.27. The van der Waals surface area contributed by atoms with Crippen LogP contribution in [0.3, 0.4) is 0 Å². The Kier molecular flexibility index (Phi) is 6.32. The molecule has 0 amide bonds. The van der Waals surface area contributed by atoms with Crippen molar-refractivity contribution < 1.29 is 0 Å². The number of hydrogen-bond acceptors (Lipinski definition) is 2. The van der Waals surface area contributed by atoms with Crippen molar-refractivity contribution in [1.82, 2.24) is 15.1 Å². The maximum atomic E-state index is 4.44. The van der Waals surface area contributed by atoms with Gasteiger partial charge in [0.15, 0.2) is 0 Å². The number of aromatic nitrogens is 2. The van der Waals surface area contributed by atoms with Gasteiger partial charge in [0.2, 0.25) is 0 Å². The molecular weight excluding hydrogens is 246 g/mol. The van der Waals surface area contributed by atoms with E-state index < -0.39 is 0 Å². The number of hydrogen-bond donors (Lipinski definition) is 1. The third kappa shape index (κ3) is 4.82. The number of aryl methyl sites for hydroxylation is 1. The van der Waals surface area contributed by atoms with Gasteiger partial charge in [-0.15, -0.1) is 0 Å². The van der Waals surface area contributed by atoms with Crippen LogP contribution in [0.4, 0.5) is 0 Å². The lowest BCUT2D eigenvalue weighted by Gasteiger charge is -2.03. The summed E-state index contributed by atoms with van der Waals surface area (Å²) in [5.74, 6) is 0. The van der Waals surface area contributed by atoms with E-state index in [0.29, 0.717) is 0 Å². The van der Waals surface area contributed by atoms with Gasteiger partial charge in [-0.25, -0.2) is 0 Å². The highest BCUT2D eigenvalue weighted by molar-refractivity contribution is 5.61. The van der Waals surface area contributed by atoms with E-state index in [1.54, 1.807) is 0 Å². The first-order chi connectivity index (χ1) is 9.90. The largest absolute Gasteiger partial charge is 0.317 e. The molecule has 0 aliphatic heterocycles. The topological polar surface area (TPSA) is 29.9 Å². The van der Waals surface area contributed by atoms with Gasteiger partial charge in [0.05, 0.1) is 6.20 Å². The summed E-state index contributed by atoms with van der Waals surface area (Å²) < 4.78 is 2.06. The molecule has 0 aliphatic carbocycles. The summed E-state index contributed by atoms with van der Waals surface area (Å²) in [6.45, 7) is 5.50. The molecule has 0 saturated heterocycles. The summed E-state index contributed by atoms with van der Waals surface area (Å²) in [6, 6.07) is 10.4. The minimum atomic E-state index is 1.01. The summed E-state index contributed by atoms with van der Waals surface area (Å²) in [7, 11) is 0. The van der Waals surface area contributed by atoms with Crippen LogP contribution >= 0.6 is 0 Å². The zero-order valence-electron chi connectivity index (χ0n) is 12.4. The SMILES string of the molecule is CCCNCCCCCn1cc(-c2ccccc2)cn1. The van der Waals surface area contributed by atoms with Crippen LogP contribution in [-0.2, 0) is 6.54 Å². The quantitative estimate of drug-likeness (QED) is 0.704. The molecule has 1 N–H and O–H groups in total. The zero-order valence-corrected chi connectivity index (χ0v) is 12.4. The first-order valence-corrected chi connectivity index (χ1v) is 7.68. The van der Waals surface area contributed by atoms with Crippen molar-refractivity contribution in [2.45, 2.75) is 39.2 Å². The Morgan fingerprint density at radius 2 is 1.85 bits per heavy atom. The third-order valence-corrected chi connectivity index (χ3v) is 3.41. The van der Waals surface area contributed by atoms with Crippen molar-refractivity contribution in [2.75, 3.05) is 13.1 Å². The van der Waals surface area contributed by atoms with Crippen molar-refractivity contribution in [3.8, 4) is 11.1 Å². The second kappa shape index (κ2) is 8.54. The van der Waals surface area contributed by atoms with Crippen LogP contribution in [0.2, 0.25) is 0 Å². The average molecular weight is 271 g/mol. The molecule has 2 aromatic rings. The Morgan fingerprint density at radius 1 is 1.00 bits per heavy atom. The van der Waals surface area contributed by atoms with Crippen molar-refractivity contribution in [1.29, 1.82) is 0 Å². The molecule has 0 spiro atoms. The van der Waals surface area contributed by atoms with Crippen LogP contribution in [0, 0.1) is 0 Å². The van der Waals surface area contributed by atoms with Gasteiger partial charge in [0.25, 0.3) is 0 Å². The summed E-state index contributed by atoms with van der Waals surface area (Å²) >= 11 is 0. The van der Waals surface area contributed by atoms with Gasteiger partial charge in [-0.1, -0.05) is 43.7 Å². The van der Waals surface area contributed by atoms with E-state index >= 15 is 0 Å². The highest BCUT2D eigenvalue weighted by Gasteiger charge is 2.00. The molecule has 0 fully saturated rings. The van der Waals surface area contributed by atoms with Gasteiger partial charge >= 0.3 is 0 Å². The van der Waals surface area contributed by atoms with Crippen molar-refractivity contribution in [2.24, 2.45) is 0 Å². The lowest BCUT2D eigenvalue weighted by Crippen LogP contribution is -2.15.